The van der Waals surface area contributed by atoms with Crippen LogP contribution in [0.1, 0.15) is 37.8 Å². The van der Waals surface area contributed by atoms with Crippen molar-refractivity contribution >= 4 is 52.1 Å². The summed E-state index contributed by atoms with van der Waals surface area (Å²) in [5, 5.41) is 8.46. The maximum Gasteiger partial charge on any atom is 0.270 e. The molecule has 162 valence electrons. The third-order valence-corrected chi connectivity index (χ3v) is 7.77. The zero-order valence-electron chi connectivity index (χ0n) is 17.3. The highest BCUT2D eigenvalue weighted by molar-refractivity contribution is 6.41. The Kier molecular flexibility index (Phi) is 5.66. The van der Waals surface area contributed by atoms with Crippen LogP contribution >= 0.6 is 34.8 Å². The minimum Gasteiger partial charge on any atom is -0.337 e. The van der Waals surface area contributed by atoms with Gasteiger partial charge >= 0.3 is 0 Å². The number of halogens is 3. The molecule has 7 heteroatoms. The minimum atomic E-state index is -0.156. The standard InChI is InChI=1S/C24H24Cl3N3O/c1-14-22(24(31)29-12-16-3-2-4-17(16)13-29)28-30(21-10-9-19(26)11-20(21)27)23(14)15-5-7-18(25)8-6-15/h5-11,14,16-17,23H,2-4,12-13H2,1H3/t14-,16?,17?,23+/m0/s1. The van der Waals surface area contributed by atoms with Crippen LogP contribution in [0.25, 0.3) is 0 Å². The second-order valence-corrected chi connectivity index (χ2v) is 10.2. The highest BCUT2D eigenvalue weighted by atomic mass is 35.5. The van der Waals surface area contributed by atoms with Gasteiger partial charge in [0.2, 0.25) is 0 Å². The van der Waals surface area contributed by atoms with E-state index in [2.05, 4.69) is 6.92 Å². The van der Waals surface area contributed by atoms with Gasteiger partial charge in [-0.05, 0) is 60.6 Å². The zero-order chi connectivity index (χ0) is 21.7. The number of hydrogen-bond acceptors (Lipinski definition) is 3. The Morgan fingerprint density at radius 2 is 1.61 bits per heavy atom. The van der Waals surface area contributed by atoms with Crippen LogP contribution in [-0.2, 0) is 4.79 Å². The van der Waals surface area contributed by atoms with Crippen molar-refractivity contribution in [3.8, 4) is 0 Å². The number of carbonyl (C=O) groups excluding carboxylic acids is 1. The summed E-state index contributed by atoms with van der Waals surface area (Å²) in [5.41, 5.74) is 2.36. The molecule has 1 amide bonds. The monoisotopic (exact) mass is 475 g/mol. The topological polar surface area (TPSA) is 35.9 Å². The van der Waals surface area contributed by atoms with E-state index in [1.165, 1.54) is 19.3 Å². The Bertz CT molecular complexity index is 1030. The molecular formula is C24H24Cl3N3O. The van der Waals surface area contributed by atoms with Crippen LogP contribution < -0.4 is 5.01 Å². The van der Waals surface area contributed by atoms with Crippen LogP contribution in [0, 0.1) is 17.8 Å². The number of carbonyl (C=O) groups is 1. The lowest BCUT2D eigenvalue weighted by molar-refractivity contribution is -0.123. The average Bonchev–Trinajstić information content (AvgIpc) is 3.42. The highest BCUT2D eigenvalue weighted by Crippen LogP contribution is 2.44. The molecule has 4 atom stereocenters. The Hall–Kier alpha value is -1.75. The van der Waals surface area contributed by atoms with E-state index in [9.17, 15) is 4.79 Å². The van der Waals surface area contributed by atoms with Gasteiger partial charge in [0, 0.05) is 29.1 Å². The smallest absolute Gasteiger partial charge is 0.270 e. The van der Waals surface area contributed by atoms with Gasteiger partial charge in [-0.3, -0.25) is 9.80 Å². The molecule has 31 heavy (non-hydrogen) atoms. The number of hydrogen-bond donors (Lipinski definition) is 0. The van der Waals surface area contributed by atoms with Crippen LogP contribution in [0.3, 0.4) is 0 Å². The fourth-order valence-corrected chi connectivity index (χ4v) is 6.01. The van der Waals surface area contributed by atoms with Gasteiger partial charge in [-0.2, -0.15) is 5.10 Å². The summed E-state index contributed by atoms with van der Waals surface area (Å²) in [6, 6.07) is 12.9. The van der Waals surface area contributed by atoms with Gasteiger partial charge in [0.25, 0.3) is 5.91 Å². The van der Waals surface area contributed by atoms with Crippen molar-refractivity contribution in [1.82, 2.24) is 4.90 Å². The summed E-state index contributed by atoms with van der Waals surface area (Å²) < 4.78 is 0. The molecule has 0 spiro atoms. The molecule has 2 aromatic rings. The van der Waals surface area contributed by atoms with E-state index in [0.29, 0.717) is 32.6 Å². The Morgan fingerprint density at radius 1 is 0.968 bits per heavy atom. The van der Waals surface area contributed by atoms with Gasteiger partial charge in [0.15, 0.2) is 0 Å². The van der Waals surface area contributed by atoms with Crippen molar-refractivity contribution in [2.75, 3.05) is 18.1 Å². The summed E-state index contributed by atoms with van der Waals surface area (Å²) in [7, 11) is 0. The third kappa shape index (κ3) is 3.83. The van der Waals surface area contributed by atoms with Gasteiger partial charge in [0.05, 0.1) is 16.8 Å². The van der Waals surface area contributed by atoms with Crippen molar-refractivity contribution < 1.29 is 4.79 Å². The molecule has 0 bridgehead atoms. The zero-order valence-corrected chi connectivity index (χ0v) is 19.5. The summed E-state index contributed by atoms with van der Waals surface area (Å²) in [6.45, 7) is 3.77. The minimum absolute atomic E-state index is 0.0495. The van der Waals surface area contributed by atoms with Crippen LogP contribution in [0.5, 0.6) is 0 Å². The maximum atomic E-state index is 13.5. The number of benzene rings is 2. The van der Waals surface area contributed by atoms with Crippen molar-refractivity contribution in [1.29, 1.82) is 0 Å². The van der Waals surface area contributed by atoms with E-state index in [4.69, 9.17) is 39.9 Å². The first kappa shape index (κ1) is 21.1. The molecule has 5 rings (SSSR count). The number of amides is 1. The molecule has 0 N–H and O–H groups in total. The summed E-state index contributed by atoms with van der Waals surface area (Å²) >= 11 is 18.8. The van der Waals surface area contributed by atoms with Crippen LogP contribution in [0.4, 0.5) is 5.69 Å². The quantitative estimate of drug-likeness (QED) is 0.510. The van der Waals surface area contributed by atoms with Crippen molar-refractivity contribution in [2.24, 2.45) is 22.9 Å². The number of rotatable bonds is 3. The number of nitrogens with zero attached hydrogens (tertiary/aromatic N) is 3. The van der Waals surface area contributed by atoms with Crippen molar-refractivity contribution in [3.05, 3.63) is 63.1 Å². The summed E-state index contributed by atoms with van der Waals surface area (Å²) in [6.07, 6.45) is 3.75. The molecule has 1 aliphatic carbocycles. The van der Waals surface area contributed by atoms with Gasteiger partial charge < -0.3 is 4.90 Å². The highest BCUT2D eigenvalue weighted by Gasteiger charge is 2.44. The SMILES string of the molecule is C[C@H]1C(C(=O)N2CC3CCCC3C2)=NN(c2ccc(Cl)cc2Cl)[C@H]1c1ccc(Cl)cc1. The normalized spacial score (nSPS) is 27.5. The molecule has 0 aromatic heterocycles. The third-order valence-electron chi connectivity index (χ3n) is 6.98. The summed E-state index contributed by atoms with van der Waals surface area (Å²) in [5.74, 6) is 1.25. The van der Waals surface area contributed by atoms with Crippen molar-refractivity contribution in [3.63, 3.8) is 0 Å². The van der Waals surface area contributed by atoms with Crippen LogP contribution in [-0.4, -0.2) is 29.6 Å². The van der Waals surface area contributed by atoms with E-state index >= 15 is 0 Å². The maximum absolute atomic E-state index is 13.5. The predicted molar refractivity (Wildman–Crippen MR) is 127 cm³/mol. The lowest BCUT2D eigenvalue weighted by atomic mass is 9.90. The molecule has 4 nitrogen and oxygen atoms in total. The average molecular weight is 477 g/mol. The fraction of sp³-hybridized carbons (Fsp3) is 0.417. The molecule has 3 aliphatic rings. The molecule has 2 aromatic carbocycles. The first-order chi connectivity index (χ1) is 14.9. The van der Waals surface area contributed by atoms with Gasteiger partial charge in [0.1, 0.15) is 5.71 Å². The molecule has 2 unspecified atom stereocenters. The van der Waals surface area contributed by atoms with E-state index in [1.54, 1.807) is 12.1 Å². The first-order valence-corrected chi connectivity index (χ1v) is 11.9. The molecule has 2 aliphatic heterocycles. The predicted octanol–water partition coefficient (Wildman–Crippen LogP) is 6.46. The number of likely N-dealkylation sites (tertiary alicyclic amines) is 1. The largest absolute Gasteiger partial charge is 0.337 e. The molecule has 1 saturated carbocycles. The molecule has 2 heterocycles. The van der Waals surface area contributed by atoms with Crippen LogP contribution in [0.15, 0.2) is 47.6 Å². The molecule has 0 radical (unpaired) electrons. The Labute approximate surface area is 197 Å². The first-order valence-electron chi connectivity index (χ1n) is 10.8. The van der Waals surface area contributed by atoms with E-state index in [1.807, 2.05) is 40.2 Å². The van der Waals surface area contributed by atoms with Crippen molar-refractivity contribution in [2.45, 2.75) is 32.2 Å². The van der Waals surface area contributed by atoms with E-state index in [0.717, 1.165) is 24.3 Å². The summed E-state index contributed by atoms with van der Waals surface area (Å²) in [4.78, 5) is 15.5. The van der Waals surface area contributed by atoms with E-state index in [-0.39, 0.29) is 17.9 Å². The lowest BCUT2D eigenvalue weighted by Crippen LogP contribution is -2.37. The lowest BCUT2D eigenvalue weighted by Gasteiger charge is -2.28. The van der Waals surface area contributed by atoms with Gasteiger partial charge in [-0.1, -0.05) is 60.3 Å². The van der Waals surface area contributed by atoms with Gasteiger partial charge in [-0.25, -0.2) is 0 Å². The molecular weight excluding hydrogens is 453 g/mol. The Balaban J connectivity index is 1.51. The molecule has 1 saturated heterocycles. The number of hydrazone groups is 1. The number of fused-ring (bicyclic) bond motifs is 1. The van der Waals surface area contributed by atoms with Gasteiger partial charge in [-0.15, -0.1) is 0 Å². The second-order valence-electron chi connectivity index (χ2n) is 8.87. The fourth-order valence-electron chi connectivity index (χ4n) is 5.39. The van der Waals surface area contributed by atoms with E-state index < -0.39 is 0 Å². The number of anilines is 1. The molecule has 2 fully saturated rings. The second kappa shape index (κ2) is 8.31. The Morgan fingerprint density at radius 3 is 2.26 bits per heavy atom. The van der Waals surface area contributed by atoms with Crippen LogP contribution in [0.2, 0.25) is 15.1 Å².